The van der Waals surface area contributed by atoms with E-state index in [9.17, 15) is 23.1 Å². The van der Waals surface area contributed by atoms with Crippen LogP contribution in [0.4, 0.5) is 13.2 Å². The lowest BCUT2D eigenvalue weighted by molar-refractivity contribution is -0.274. The Labute approximate surface area is 100 Å². The first kappa shape index (κ1) is 14.1. The van der Waals surface area contributed by atoms with Gasteiger partial charge in [0.05, 0.1) is 18.5 Å². The maximum atomic E-state index is 12.1. The minimum atomic E-state index is -5.00. The van der Waals surface area contributed by atoms with Gasteiger partial charge in [-0.15, -0.1) is 13.2 Å². The van der Waals surface area contributed by atoms with Crippen molar-refractivity contribution in [2.45, 2.75) is 20.2 Å². The van der Waals surface area contributed by atoms with Crippen LogP contribution in [0.25, 0.3) is 0 Å². The molecule has 100 valence electrons. The maximum absolute atomic E-state index is 12.1. The Bertz CT molecular complexity index is 459. The summed E-state index contributed by atoms with van der Waals surface area (Å²) in [6.45, 7) is 2.76. The van der Waals surface area contributed by atoms with E-state index in [1.54, 1.807) is 0 Å². The minimum Gasteiger partial charge on any atom is -0.505 e. The van der Waals surface area contributed by atoms with Crippen LogP contribution in [0.3, 0.4) is 0 Å². The van der Waals surface area contributed by atoms with Crippen LogP contribution in [0, 0.1) is 6.92 Å². The van der Waals surface area contributed by atoms with Crippen LogP contribution >= 0.6 is 0 Å². The molecular weight excluding hydrogens is 255 g/mol. The molecule has 0 spiro atoms. The first-order valence-corrected chi connectivity index (χ1v) is 4.87. The van der Waals surface area contributed by atoms with Gasteiger partial charge in [0, 0.05) is 0 Å². The van der Waals surface area contributed by atoms with Crippen molar-refractivity contribution in [3.63, 3.8) is 0 Å². The van der Waals surface area contributed by atoms with Crippen LogP contribution in [-0.2, 0) is 4.74 Å². The molecule has 0 atom stereocenters. The summed E-state index contributed by atoms with van der Waals surface area (Å²) in [6, 6.07) is 0. The largest absolute Gasteiger partial charge is 0.573 e. The van der Waals surface area contributed by atoms with Gasteiger partial charge in [-0.2, -0.15) is 0 Å². The molecule has 1 aromatic rings. The predicted molar refractivity (Wildman–Crippen MR) is 53.3 cm³/mol. The fourth-order valence-electron chi connectivity index (χ4n) is 1.18. The summed E-state index contributed by atoms with van der Waals surface area (Å²) in [5.41, 5.74) is -0.700. The van der Waals surface area contributed by atoms with Crippen LogP contribution in [0.15, 0.2) is 6.20 Å². The first-order valence-electron chi connectivity index (χ1n) is 4.87. The van der Waals surface area contributed by atoms with Gasteiger partial charge >= 0.3 is 12.3 Å². The molecule has 0 saturated heterocycles. The van der Waals surface area contributed by atoms with Crippen LogP contribution in [0.5, 0.6) is 11.5 Å². The van der Waals surface area contributed by atoms with Gasteiger partial charge < -0.3 is 14.6 Å². The fourth-order valence-corrected chi connectivity index (χ4v) is 1.18. The van der Waals surface area contributed by atoms with Crippen molar-refractivity contribution in [3.05, 3.63) is 17.5 Å². The lowest BCUT2D eigenvalue weighted by atomic mass is 10.2. The van der Waals surface area contributed by atoms with Gasteiger partial charge in [0.15, 0.2) is 11.5 Å². The Balaban J connectivity index is 3.25. The van der Waals surface area contributed by atoms with Crippen LogP contribution in [0.1, 0.15) is 23.0 Å². The summed E-state index contributed by atoms with van der Waals surface area (Å²) in [7, 11) is 0. The normalized spacial score (nSPS) is 11.2. The molecule has 0 aromatic carbocycles. The SMILES string of the molecule is CCOC(=O)c1c(OC(F)(F)F)cnc(C)c1O. The third-order valence-corrected chi connectivity index (χ3v) is 1.91. The lowest BCUT2D eigenvalue weighted by Gasteiger charge is -2.14. The Morgan fingerprint density at radius 2 is 2.11 bits per heavy atom. The number of halogens is 3. The van der Waals surface area contributed by atoms with E-state index >= 15 is 0 Å². The summed E-state index contributed by atoms with van der Waals surface area (Å²) in [4.78, 5) is 15.0. The van der Waals surface area contributed by atoms with Crippen molar-refractivity contribution in [1.29, 1.82) is 0 Å². The smallest absolute Gasteiger partial charge is 0.505 e. The number of aromatic hydroxyl groups is 1. The molecule has 8 heteroatoms. The quantitative estimate of drug-likeness (QED) is 0.848. The molecule has 18 heavy (non-hydrogen) atoms. The fraction of sp³-hybridized carbons (Fsp3) is 0.400. The van der Waals surface area contributed by atoms with Gasteiger partial charge in [0.25, 0.3) is 0 Å². The molecular formula is C10H10F3NO4. The molecule has 0 aliphatic rings. The second kappa shape index (κ2) is 5.11. The molecule has 1 aromatic heterocycles. The summed E-state index contributed by atoms with van der Waals surface area (Å²) in [6.07, 6.45) is -4.29. The number of hydrogen-bond donors (Lipinski definition) is 1. The molecule has 0 saturated carbocycles. The van der Waals surface area contributed by atoms with Crippen molar-refractivity contribution >= 4 is 5.97 Å². The highest BCUT2D eigenvalue weighted by molar-refractivity contribution is 5.95. The van der Waals surface area contributed by atoms with Gasteiger partial charge in [-0.1, -0.05) is 0 Å². The molecule has 0 radical (unpaired) electrons. The molecule has 5 nitrogen and oxygen atoms in total. The van der Waals surface area contributed by atoms with Crippen molar-refractivity contribution < 1.29 is 32.5 Å². The van der Waals surface area contributed by atoms with Gasteiger partial charge in [-0.05, 0) is 13.8 Å². The van der Waals surface area contributed by atoms with Crippen LogP contribution < -0.4 is 4.74 Å². The van der Waals surface area contributed by atoms with Crippen LogP contribution in [-0.4, -0.2) is 29.0 Å². The number of pyridine rings is 1. The molecule has 0 amide bonds. The highest BCUT2D eigenvalue weighted by Gasteiger charge is 2.34. The summed E-state index contributed by atoms with van der Waals surface area (Å²) >= 11 is 0. The minimum absolute atomic E-state index is 0.00687. The summed E-state index contributed by atoms with van der Waals surface area (Å²) in [5, 5.41) is 9.56. The Hall–Kier alpha value is -1.99. The van der Waals surface area contributed by atoms with Crippen LogP contribution in [0.2, 0.25) is 0 Å². The molecule has 1 heterocycles. The summed E-state index contributed by atoms with van der Waals surface area (Å²) in [5.74, 6) is -2.71. The Kier molecular flexibility index (Phi) is 4.00. The van der Waals surface area contributed by atoms with Gasteiger partial charge in [-0.25, -0.2) is 4.79 Å². The topological polar surface area (TPSA) is 68.7 Å². The van der Waals surface area contributed by atoms with Gasteiger partial charge in [0.1, 0.15) is 5.56 Å². The molecule has 1 rings (SSSR count). The van der Waals surface area contributed by atoms with Crippen molar-refractivity contribution in [1.82, 2.24) is 4.98 Å². The van der Waals surface area contributed by atoms with Crippen molar-refractivity contribution in [3.8, 4) is 11.5 Å². The number of hydrogen-bond acceptors (Lipinski definition) is 5. The zero-order valence-electron chi connectivity index (χ0n) is 9.54. The number of alkyl halides is 3. The Morgan fingerprint density at radius 3 is 2.61 bits per heavy atom. The van der Waals surface area contributed by atoms with E-state index in [0.717, 1.165) is 0 Å². The second-order valence-electron chi connectivity index (χ2n) is 3.20. The average molecular weight is 265 g/mol. The van der Waals surface area contributed by atoms with E-state index in [-0.39, 0.29) is 12.3 Å². The van der Waals surface area contributed by atoms with Crippen molar-refractivity contribution in [2.24, 2.45) is 0 Å². The number of rotatable bonds is 3. The molecule has 0 unspecified atom stereocenters. The van der Waals surface area contributed by atoms with Gasteiger partial charge in [-0.3, -0.25) is 4.98 Å². The van der Waals surface area contributed by atoms with E-state index in [1.165, 1.54) is 13.8 Å². The predicted octanol–water partition coefficient (Wildman–Crippen LogP) is 2.17. The first-order chi connectivity index (χ1) is 8.26. The number of ether oxygens (including phenoxy) is 2. The zero-order valence-corrected chi connectivity index (χ0v) is 9.54. The van der Waals surface area contributed by atoms with E-state index in [0.29, 0.717) is 6.20 Å². The number of carbonyl (C=O) groups is 1. The van der Waals surface area contributed by atoms with E-state index in [2.05, 4.69) is 14.5 Å². The maximum Gasteiger partial charge on any atom is 0.573 e. The number of carbonyl (C=O) groups excluding carboxylic acids is 1. The highest BCUT2D eigenvalue weighted by atomic mass is 19.4. The molecule has 0 aliphatic heterocycles. The highest BCUT2D eigenvalue weighted by Crippen LogP contribution is 2.33. The third kappa shape index (κ3) is 3.25. The number of aromatic nitrogens is 1. The van der Waals surface area contributed by atoms with Gasteiger partial charge in [0.2, 0.25) is 0 Å². The third-order valence-electron chi connectivity index (χ3n) is 1.91. The molecule has 0 bridgehead atoms. The van der Waals surface area contributed by atoms with Crippen molar-refractivity contribution in [2.75, 3.05) is 6.61 Å². The Morgan fingerprint density at radius 1 is 1.50 bits per heavy atom. The number of aryl methyl sites for hydroxylation is 1. The van der Waals surface area contributed by atoms with E-state index in [4.69, 9.17) is 0 Å². The lowest BCUT2D eigenvalue weighted by Crippen LogP contribution is -2.20. The zero-order chi connectivity index (χ0) is 13.9. The number of esters is 1. The summed E-state index contributed by atoms with van der Waals surface area (Å²) < 4.78 is 44.5. The van der Waals surface area contributed by atoms with E-state index in [1.807, 2.05) is 0 Å². The average Bonchev–Trinajstić information content (AvgIpc) is 2.22. The second-order valence-corrected chi connectivity index (χ2v) is 3.20. The molecule has 1 N–H and O–H groups in total. The molecule has 0 aliphatic carbocycles. The number of nitrogens with zero attached hydrogens (tertiary/aromatic N) is 1. The molecule has 0 fully saturated rings. The standard InChI is InChI=1S/C10H10F3NO4/c1-3-17-9(16)7-6(18-10(11,12)13)4-14-5(2)8(7)15/h4,15H,3H2,1-2H3. The monoisotopic (exact) mass is 265 g/mol. The van der Waals surface area contributed by atoms with E-state index < -0.39 is 29.4 Å².